The highest BCUT2D eigenvalue weighted by Gasteiger charge is 2.11. The molecule has 0 saturated heterocycles. The van der Waals surface area contributed by atoms with Gasteiger partial charge in [-0.05, 0) is 26.6 Å². The molecule has 4 heteroatoms. The van der Waals surface area contributed by atoms with E-state index in [9.17, 15) is 0 Å². The number of nitrogens with one attached hydrogen (secondary N) is 1. The van der Waals surface area contributed by atoms with E-state index in [0.717, 1.165) is 19.5 Å². The molecule has 1 unspecified atom stereocenters. The number of likely N-dealkylation sites (N-methyl/N-ethyl adjacent to an activating group) is 1. The number of rotatable bonds is 8. The van der Waals surface area contributed by atoms with Gasteiger partial charge in [-0.15, -0.1) is 0 Å². The van der Waals surface area contributed by atoms with Crippen molar-refractivity contribution >= 4 is 0 Å². The summed E-state index contributed by atoms with van der Waals surface area (Å²) >= 11 is 0. The summed E-state index contributed by atoms with van der Waals surface area (Å²) in [5, 5.41) is 21.0. The molecule has 0 aliphatic carbocycles. The first kappa shape index (κ1) is 12.8. The van der Waals surface area contributed by atoms with Crippen LogP contribution < -0.4 is 5.32 Å². The van der Waals surface area contributed by atoms with Gasteiger partial charge in [-0.25, -0.2) is 0 Å². The van der Waals surface area contributed by atoms with Gasteiger partial charge in [-0.2, -0.15) is 0 Å². The molecule has 0 aromatic rings. The van der Waals surface area contributed by atoms with Crippen LogP contribution in [0.15, 0.2) is 0 Å². The molecule has 0 bridgehead atoms. The summed E-state index contributed by atoms with van der Waals surface area (Å²) in [5.74, 6) is 0. The first-order valence-corrected chi connectivity index (χ1v) is 4.88. The zero-order valence-electron chi connectivity index (χ0n) is 8.66. The summed E-state index contributed by atoms with van der Waals surface area (Å²) < 4.78 is 0. The molecule has 0 fully saturated rings. The Labute approximate surface area is 80.6 Å². The third-order valence-corrected chi connectivity index (χ3v) is 2.19. The lowest BCUT2D eigenvalue weighted by atomic mass is 10.2. The average molecular weight is 190 g/mol. The van der Waals surface area contributed by atoms with E-state index in [0.29, 0.717) is 6.54 Å². The maximum atomic E-state index is 9.07. The van der Waals surface area contributed by atoms with E-state index >= 15 is 0 Å². The van der Waals surface area contributed by atoms with Gasteiger partial charge in [0, 0.05) is 12.6 Å². The Kier molecular flexibility index (Phi) is 8.33. The molecule has 0 aromatic carbocycles. The highest BCUT2D eigenvalue weighted by Crippen LogP contribution is 1.99. The molecule has 0 aliphatic rings. The number of hydrogen-bond donors (Lipinski definition) is 3. The number of hydrogen-bond acceptors (Lipinski definition) is 4. The minimum Gasteiger partial charge on any atom is -0.395 e. The van der Waals surface area contributed by atoms with Crippen LogP contribution in [-0.2, 0) is 0 Å². The highest BCUT2D eigenvalue weighted by molar-refractivity contribution is 4.68. The maximum absolute atomic E-state index is 9.07. The standard InChI is InChI=1S/C9H22N2O2/c1-3-10-5-4-9(8-13)11(2)6-7-12/h9-10,12-13H,3-8H2,1-2H3. The molecule has 80 valence electrons. The van der Waals surface area contributed by atoms with Crippen molar-refractivity contribution in [3.05, 3.63) is 0 Å². The Morgan fingerprint density at radius 2 is 2.08 bits per heavy atom. The highest BCUT2D eigenvalue weighted by atomic mass is 16.3. The molecule has 0 heterocycles. The van der Waals surface area contributed by atoms with Crippen LogP contribution in [0.3, 0.4) is 0 Å². The minimum atomic E-state index is 0.147. The van der Waals surface area contributed by atoms with Crippen molar-refractivity contribution in [1.29, 1.82) is 0 Å². The second kappa shape index (κ2) is 8.44. The van der Waals surface area contributed by atoms with Gasteiger partial charge in [0.2, 0.25) is 0 Å². The summed E-state index contributed by atoms with van der Waals surface area (Å²) in [5.41, 5.74) is 0. The van der Waals surface area contributed by atoms with Crippen LogP contribution in [0, 0.1) is 0 Å². The van der Waals surface area contributed by atoms with Crippen molar-refractivity contribution < 1.29 is 10.2 Å². The fourth-order valence-electron chi connectivity index (χ4n) is 1.24. The predicted octanol–water partition coefficient (Wildman–Crippen LogP) is -0.729. The molecule has 0 aromatic heterocycles. The largest absolute Gasteiger partial charge is 0.395 e. The Morgan fingerprint density at radius 1 is 1.38 bits per heavy atom. The Morgan fingerprint density at radius 3 is 2.54 bits per heavy atom. The average Bonchev–Trinajstić information content (AvgIpc) is 2.13. The molecule has 0 rings (SSSR count). The summed E-state index contributed by atoms with van der Waals surface area (Å²) in [4.78, 5) is 1.98. The van der Waals surface area contributed by atoms with Gasteiger partial charge < -0.3 is 15.5 Å². The van der Waals surface area contributed by atoms with E-state index in [1.165, 1.54) is 0 Å². The molecule has 0 radical (unpaired) electrons. The van der Waals surface area contributed by atoms with E-state index in [1.54, 1.807) is 0 Å². The van der Waals surface area contributed by atoms with E-state index < -0.39 is 0 Å². The second-order valence-corrected chi connectivity index (χ2v) is 3.18. The van der Waals surface area contributed by atoms with Gasteiger partial charge in [-0.3, -0.25) is 4.90 Å². The van der Waals surface area contributed by atoms with E-state index in [2.05, 4.69) is 12.2 Å². The van der Waals surface area contributed by atoms with E-state index in [-0.39, 0.29) is 19.3 Å². The summed E-state index contributed by atoms with van der Waals surface area (Å²) in [7, 11) is 1.92. The molecular weight excluding hydrogens is 168 g/mol. The van der Waals surface area contributed by atoms with Gasteiger partial charge in [-0.1, -0.05) is 6.92 Å². The minimum absolute atomic E-state index is 0.147. The number of aliphatic hydroxyl groups is 2. The van der Waals surface area contributed by atoms with Gasteiger partial charge in [0.25, 0.3) is 0 Å². The van der Waals surface area contributed by atoms with Crippen molar-refractivity contribution in [3.8, 4) is 0 Å². The van der Waals surface area contributed by atoms with Gasteiger partial charge >= 0.3 is 0 Å². The molecule has 4 nitrogen and oxygen atoms in total. The van der Waals surface area contributed by atoms with E-state index in [4.69, 9.17) is 10.2 Å². The molecule has 0 saturated carbocycles. The first-order valence-electron chi connectivity index (χ1n) is 4.88. The van der Waals surface area contributed by atoms with Crippen LogP contribution in [0.2, 0.25) is 0 Å². The predicted molar refractivity (Wildman–Crippen MR) is 53.8 cm³/mol. The molecular formula is C9H22N2O2. The normalized spacial score (nSPS) is 13.6. The Bertz CT molecular complexity index is 112. The van der Waals surface area contributed by atoms with Crippen molar-refractivity contribution in [2.45, 2.75) is 19.4 Å². The van der Waals surface area contributed by atoms with E-state index in [1.807, 2.05) is 11.9 Å². The Hall–Kier alpha value is -0.160. The van der Waals surface area contributed by atoms with Crippen molar-refractivity contribution in [2.75, 3.05) is 39.9 Å². The topological polar surface area (TPSA) is 55.7 Å². The second-order valence-electron chi connectivity index (χ2n) is 3.18. The summed E-state index contributed by atoms with van der Waals surface area (Å²) in [6, 6.07) is 0.159. The lowest BCUT2D eigenvalue weighted by Crippen LogP contribution is -2.38. The van der Waals surface area contributed by atoms with Gasteiger partial charge in [0.15, 0.2) is 0 Å². The van der Waals surface area contributed by atoms with Crippen LogP contribution in [0.5, 0.6) is 0 Å². The van der Waals surface area contributed by atoms with Crippen LogP contribution in [-0.4, -0.2) is 61.1 Å². The SMILES string of the molecule is CCNCCC(CO)N(C)CCO. The lowest BCUT2D eigenvalue weighted by molar-refractivity contribution is 0.119. The van der Waals surface area contributed by atoms with Crippen molar-refractivity contribution in [2.24, 2.45) is 0 Å². The number of aliphatic hydroxyl groups excluding tert-OH is 2. The zero-order chi connectivity index (χ0) is 10.1. The monoisotopic (exact) mass is 190 g/mol. The quantitative estimate of drug-likeness (QED) is 0.442. The van der Waals surface area contributed by atoms with Crippen LogP contribution in [0.4, 0.5) is 0 Å². The van der Waals surface area contributed by atoms with Crippen LogP contribution in [0.25, 0.3) is 0 Å². The molecule has 0 amide bonds. The first-order chi connectivity index (χ1) is 6.26. The zero-order valence-corrected chi connectivity index (χ0v) is 8.66. The molecule has 13 heavy (non-hydrogen) atoms. The Balaban J connectivity index is 3.60. The third kappa shape index (κ3) is 5.99. The number of nitrogens with zero attached hydrogens (tertiary/aromatic N) is 1. The summed E-state index contributed by atoms with van der Waals surface area (Å²) in [6.45, 7) is 4.86. The smallest absolute Gasteiger partial charge is 0.0587 e. The third-order valence-electron chi connectivity index (χ3n) is 2.19. The maximum Gasteiger partial charge on any atom is 0.0587 e. The van der Waals surface area contributed by atoms with Crippen molar-refractivity contribution in [3.63, 3.8) is 0 Å². The molecule has 1 atom stereocenters. The fraction of sp³-hybridized carbons (Fsp3) is 1.00. The fourth-order valence-corrected chi connectivity index (χ4v) is 1.24. The van der Waals surface area contributed by atoms with Crippen LogP contribution in [0.1, 0.15) is 13.3 Å². The lowest BCUT2D eigenvalue weighted by Gasteiger charge is -2.25. The molecule has 0 spiro atoms. The summed E-state index contributed by atoms with van der Waals surface area (Å²) in [6.07, 6.45) is 0.918. The van der Waals surface area contributed by atoms with Gasteiger partial charge in [0.1, 0.15) is 0 Å². The molecule has 0 aliphatic heterocycles. The molecule has 3 N–H and O–H groups in total. The van der Waals surface area contributed by atoms with Crippen molar-refractivity contribution in [1.82, 2.24) is 10.2 Å². The van der Waals surface area contributed by atoms with Crippen LogP contribution >= 0.6 is 0 Å². The van der Waals surface area contributed by atoms with Gasteiger partial charge in [0.05, 0.1) is 13.2 Å².